The number of hydrogen-bond acceptors (Lipinski definition) is 6. The summed E-state index contributed by atoms with van der Waals surface area (Å²) in [7, 11) is -1.81. The average Bonchev–Trinajstić information content (AvgIpc) is 3.17. The highest BCUT2D eigenvalue weighted by molar-refractivity contribution is 7.91. The summed E-state index contributed by atoms with van der Waals surface area (Å²) < 4.78 is 33.0. The van der Waals surface area contributed by atoms with Gasteiger partial charge in [0.1, 0.15) is 0 Å². The molecule has 0 amide bonds. The quantitative estimate of drug-likeness (QED) is 0.695. The average molecular weight is 399 g/mol. The van der Waals surface area contributed by atoms with E-state index in [1.54, 1.807) is 13.3 Å². The largest absolute Gasteiger partial charge is 0.383 e. The number of nitrogens with zero attached hydrogens (tertiary/aromatic N) is 4. The Bertz CT molecular complexity index is 739. The van der Waals surface area contributed by atoms with Crippen LogP contribution in [0.4, 0.5) is 0 Å². The summed E-state index contributed by atoms with van der Waals surface area (Å²) in [6, 6.07) is 0.651. The summed E-state index contributed by atoms with van der Waals surface area (Å²) in [5.74, 6) is 0.0875. The van der Waals surface area contributed by atoms with Crippen molar-refractivity contribution in [2.24, 2.45) is 5.41 Å². The SMILES string of the molecule is COCCn1c(CN2CCN3CCC[C@@H]3C2)cnc1S(=O)(=O)CC(C)(C)C. The van der Waals surface area contributed by atoms with Crippen LogP contribution in [0, 0.1) is 5.41 Å². The van der Waals surface area contributed by atoms with Gasteiger partial charge in [0, 0.05) is 45.9 Å². The number of sulfone groups is 1. The molecule has 1 aromatic rings. The second-order valence-electron chi connectivity index (χ2n) is 9.06. The van der Waals surface area contributed by atoms with E-state index in [4.69, 9.17) is 4.74 Å². The van der Waals surface area contributed by atoms with Crippen molar-refractivity contribution >= 4 is 9.84 Å². The van der Waals surface area contributed by atoms with Crippen molar-refractivity contribution in [2.75, 3.05) is 45.6 Å². The first-order valence-electron chi connectivity index (χ1n) is 9.92. The van der Waals surface area contributed by atoms with Gasteiger partial charge in [0.25, 0.3) is 0 Å². The summed E-state index contributed by atoms with van der Waals surface area (Å²) in [5.41, 5.74) is 0.654. The zero-order valence-electron chi connectivity index (χ0n) is 17.1. The van der Waals surface area contributed by atoms with Gasteiger partial charge in [-0.15, -0.1) is 0 Å². The van der Waals surface area contributed by atoms with Crippen LogP contribution in [-0.2, 0) is 27.7 Å². The Balaban J connectivity index is 1.79. The van der Waals surface area contributed by atoms with Crippen molar-refractivity contribution in [3.8, 4) is 0 Å². The fourth-order valence-electron chi connectivity index (χ4n) is 4.25. The number of piperazine rings is 1. The molecule has 0 unspecified atom stereocenters. The fourth-order valence-corrected chi connectivity index (χ4v) is 6.28. The van der Waals surface area contributed by atoms with E-state index in [0.717, 1.165) is 31.9 Å². The molecule has 1 atom stereocenters. The second kappa shape index (κ2) is 8.19. The molecule has 3 rings (SSSR count). The van der Waals surface area contributed by atoms with Crippen molar-refractivity contribution in [3.63, 3.8) is 0 Å². The molecule has 0 spiro atoms. The van der Waals surface area contributed by atoms with Gasteiger partial charge in [-0.1, -0.05) is 20.8 Å². The van der Waals surface area contributed by atoms with E-state index in [1.165, 1.54) is 19.4 Å². The Kier molecular flexibility index (Phi) is 6.30. The van der Waals surface area contributed by atoms with Crippen LogP contribution in [0.1, 0.15) is 39.3 Å². The third-order valence-electron chi connectivity index (χ3n) is 5.38. The summed E-state index contributed by atoms with van der Waals surface area (Å²) in [4.78, 5) is 9.36. The molecular formula is C19H34N4O3S. The number of methoxy groups -OCH3 is 1. The van der Waals surface area contributed by atoms with Crippen LogP contribution in [0.3, 0.4) is 0 Å². The Morgan fingerprint density at radius 1 is 1.26 bits per heavy atom. The van der Waals surface area contributed by atoms with Crippen LogP contribution >= 0.6 is 0 Å². The number of hydrogen-bond donors (Lipinski definition) is 0. The van der Waals surface area contributed by atoms with Crippen LogP contribution < -0.4 is 0 Å². The van der Waals surface area contributed by atoms with Crippen LogP contribution in [-0.4, -0.2) is 79.5 Å². The van der Waals surface area contributed by atoms with Crippen molar-refractivity contribution in [3.05, 3.63) is 11.9 Å². The van der Waals surface area contributed by atoms with Gasteiger partial charge in [0.05, 0.1) is 24.3 Å². The molecule has 1 aromatic heterocycles. The van der Waals surface area contributed by atoms with Gasteiger partial charge < -0.3 is 9.30 Å². The molecule has 2 aliphatic heterocycles. The topological polar surface area (TPSA) is 67.7 Å². The predicted octanol–water partition coefficient (Wildman–Crippen LogP) is 1.63. The van der Waals surface area contributed by atoms with Crippen molar-refractivity contribution < 1.29 is 13.2 Å². The third-order valence-corrected chi connectivity index (χ3v) is 7.51. The maximum absolute atomic E-state index is 12.9. The van der Waals surface area contributed by atoms with Crippen molar-refractivity contribution in [1.82, 2.24) is 19.4 Å². The molecule has 0 aromatic carbocycles. The van der Waals surface area contributed by atoms with Crippen LogP contribution in [0.25, 0.3) is 0 Å². The standard InChI is InChI=1S/C19H34N4O3S/c1-19(2,3)15-27(24,25)18-20-12-17(23(18)10-11-26-4)14-21-8-9-22-7-5-6-16(22)13-21/h12,16H,5-11,13-15H2,1-4H3/t16-/m1/s1. The maximum atomic E-state index is 12.9. The third kappa shape index (κ3) is 5.10. The number of rotatable bonds is 7. The van der Waals surface area contributed by atoms with Crippen molar-refractivity contribution in [2.45, 2.75) is 57.9 Å². The zero-order chi connectivity index (χ0) is 19.7. The summed E-state index contributed by atoms with van der Waals surface area (Å²) in [5, 5.41) is 0.184. The highest BCUT2D eigenvalue weighted by Gasteiger charge is 2.32. The van der Waals surface area contributed by atoms with E-state index in [2.05, 4.69) is 14.8 Å². The minimum atomic E-state index is -3.44. The summed E-state index contributed by atoms with van der Waals surface area (Å²) in [6.07, 6.45) is 4.30. The van der Waals surface area contributed by atoms with E-state index in [9.17, 15) is 8.42 Å². The number of fused-ring (bicyclic) bond motifs is 1. The minimum absolute atomic E-state index is 0.0875. The van der Waals surface area contributed by atoms with Crippen LogP contribution in [0.5, 0.6) is 0 Å². The first-order valence-corrected chi connectivity index (χ1v) is 11.6. The van der Waals surface area contributed by atoms with Gasteiger partial charge in [0.15, 0.2) is 0 Å². The maximum Gasteiger partial charge on any atom is 0.227 e. The lowest BCUT2D eigenvalue weighted by molar-refractivity contribution is 0.0967. The molecule has 154 valence electrons. The molecule has 2 aliphatic rings. The van der Waals surface area contributed by atoms with E-state index >= 15 is 0 Å². The molecular weight excluding hydrogens is 364 g/mol. The molecule has 27 heavy (non-hydrogen) atoms. The highest BCUT2D eigenvalue weighted by Crippen LogP contribution is 2.25. The zero-order valence-corrected chi connectivity index (χ0v) is 18.0. The normalized spacial score (nSPS) is 22.3. The number of aromatic nitrogens is 2. The smallest absolute Gasteiger partial charge is 0.227 e. The molecule has 2 saturated heterocycles. The number of imidazole rings is 1. The van der Waals surface area contributed by atoms with E-state index < -0.39 is 9.84 Å². The second-order valence-corrected chi connectivity index (χ2v) is 10.9. The van der Waals surface area contributed by atoms with Gasteiger partial charge >= 0.3 is 0 Å². The lowest BCUT2D eigenvalue weighted by Crippen LogP contribution is -2.49. The van der Waals surface area contributed by atoms with E-state index in [0.29, 0.717) is 19.2 Å². The lowest BCUT2D eigenvalue weighted by Gasteiger charge is -2.37. The summed E-state index contributed by atoms with van der Waals surface area (Å²) >= 11 is 0. The Morgan fingerprint density at radius 2 is 2.04 bits per heavy atom. The first-order chi connectivity index (χ1) is 12.7. The van der Waals surface area contributed by atoms with Gasteiger partial charge in [-0.3, -0.25) is 9.80 Å². The highest BCUT2D eigenvalue weighted by atomic mass is 32.2. The molecule has 0 N–H and O–H groups in total. The van der Waals surface area contributed by atoms with Gasteiger partial charge in [-0.2, -0.15) is 0 Å². The molecule has 2 fully saturated rings. The number of ether oxygens (including phenoxy) is 1. The lowest BCUT2D eigenvalue weighted by atomic mass is 10.0. The molecule has 0 bridgehead atoms. The fraction of sp³-hybridized carbons (Fsp3) is 0.842. The van der Waals surface area contributed by atoms with E-state index in [1.807, 2.05) is 25.3 Å². The van der Waals surface area contributed by atoms with Gasteiger partial charge in [-0.25, -0.2) is 13.4 Å². The molecule has 0 radical (unpaired) electrons. The Morgan fingerprint density at radius 3 is 2.74 bits per heavy atom. The first kappa shape index (κ1) is 20.8. The monoisotopic (exact) mass is 398 g/mol. The van der Waals surface area contributed by atoms with E-state index in [-0.39, 0.29) is 16.3 Å². The van der Waals surface area contributed by atoms with Gasteiger partial charge in [-0.05, 0) is 24.8 Å². The molecule has 7 nitrogen and oxygen atoms in total. The molecule has 3 heterocycles. The van der Waals surface area contributed by atoms with Gasteiger partial charge in [0.2, 0.25) is 15.0 Å². The molecule has 8 heteroatoms. The van der Waals surface area contributed by atoms with Crippen LogP contribution in [0.15, 0.2) is 11.4 Å². The van der Waals surface area contributed by atoms with Crippen molar-refractivity contribution in [1.29, 1.82) is 0 Å². The summed E-state index contributed by atoms with van der Waals surface area (Å²) in [6.45, 7) is 11.9. The Hall–Kier alpha value is -0.960. The minimum Gasteiger partial charge on any atom is -0.383 e. The molecule has 0 aliphatic carbocycles. The Labute approximate surface area is 163 Å². The molecule has 0 saturated carbocycles. The van der Waals surface area contributed by atoms with Crippen LogP contribution in [0.2, 0.25) is 0 Å². The predicted molar refractivity (Wildman–Crippen MR) is 105 cm³/mol.